The fraction of sp³-hybridized carbons (Fsp3) is 0.200. The van der Waals surface area contributed by atoms with Gasteiger partial charge in [0.25, 0.3) is 0 Å². The van der Waals surface area contributed by atoms with Gasteiger partial charge in [0, 0.05) is 4.11 Å². The van der Waals surface area contributed by atoms with E-state index >= 15 is 0 Å². The lowest BCUT2D eigenvalue weighted by atomic mass is 10.1. The molecule has 0 aromatic heterocycles. The first-order valence-electron chi connectivity index (χ1n) is 7.79. The van der Waals surface area contributed by atoms with Crippen LogP contribution in [0, 0.1) is 0 Å². The van der Waals surface area contributed by atoms with Crippen molar-refractivity contribution < 1.29 is 31.8 Å². The topological polar surface area (TPSA) is 63.6 Å². The number of carbonyl (C=O) groups excluding carboxylic acids is 1. The number of carboxylic acid groups (broad SMARTS) is 1. The first kappa shape index (κ1) is 3.38. The SMILES string of the molecule is [2H]c1c([2H])c([2H])c(C(=O)OC([2H])([2H])C([2H])([2H])[2H])c(C(=O)O)c1[2H]. The van der Waals surface area contributed by atoms with Crippen LogP contribution in [0.1, 0.15) is 39.9 Å². The molecule has 1 aromatic rings. The third-order valence-electron chi connectivity index (χ3n) is 1.25. The molecule has 0 saturated heterocycles. The number of hydrogen-bond acceptors (Lipinski definition) is 3. The lowest BCUT2D eigenvalue weighted by Gasteiger charge is -2.04. The molecule has 0 amide bonds. The summed E-state index contributed by atoms with van der Waals surface area (Å²) in [5, 5.41) is 9.03. The number of esters is 1. The molecular weight excluding hydrogens is 184 g/mol. The fourth-order valence-corrected chi connectivity index (χ4v) is 0.723. The quantitative estimate of drug-likeness (QED) is 0.757. The van der Waals surface area contributed by atoms with Gasteiger partial charge in [-0.3, -0.25) is 0 Å². The molecule has 1 N–H and O–H groups in total. The maximum atomic E-state index is 11.9. The zero-order chi connectivity index (χ0) is 18.3. The molecule has 1 rings (SSSR count). The number of carboxylic acids is 1. The lowest BCUT2D eigenvalue weighted by molar-refractivity contribution is 0.0514. The summed E-state index contributed by atoms with van der Waals surface area (Å²) in [6.07, 6.45) is 0. The Labute approximate surface area is 93.8 Å². The second kappa shape index (κ2) is 4.41. The summed E-state index contributed by atoms with van der Waals surface area (Å²) in [4.78, 5) is 23.1. The molecule has 0 aliphatic carbocycles. The third-order valence-corrected chi connectivity index (χ3v) is 1.25. The van der Waals surface area contributed by atoms with Crippen molar-refractivity contribution in [1.82, 2.24) is 0 Å². The molecule has 0 atom stereocenters. The van der Waals surface area contributed by atoms with E-state index in [9.17, 15) is 9.59 Å². The van der Waals surface area contributed by atoms with Gasteiger partial charge in [0.2, 0.25) is 0 Å². The highest BCUT2D eigenvalue weighted by Crippen LogP contribution is 2.09. The molecule has 1 aromatic carbocycles. The summed E-state index contributed by atoms with van der Waals surface area (Å²) in [6, 6.07) is -3.97. The van der Waals surface area contributed by atoms with E-state index in [1.54, 1.807) is 0 Å². The van der Waals surface area contributed by atoms with Crippen molar-refractivity contribution in [2.45, 2.75) is 6.85 Å². The Hall–Kier alpha value is -1.84. The Morgan fingerprint density at radius 3 is 2.79 bits per heavy atom. The van der Waals surface area contributed by atoms with Crippen LogP contribution < -0.4 is 0 Å². The summed E-state index contributed by atoms with van der Waals surface area (Å²) >= 11 is 0. The molecule has 74 valence electrons. The first-order chi connectivity index (χ1) is 10.2. The van der Waals surface area contributed by atoms with Crippen LogP contribution in [0.15, 0.2) is 24.2 Å². The molecule has 14 heavy (non-hydrogen) atoms. The summed E-state index contributed by atoms with van der Waals surface area (Å²) in [6.45, 7) is -6.85. The molecule has 0 aliphatic heterocycles. The fourth-order valence-electron chi connectivity index (χ4n) is 0.723. The number of hydrogen-bond donors (Lipinski definition) is 1. The lowest BCUT2D eigenvalue weighted by Crippen LogP contribution is -2.11. The Morgan fingerprint density at radius 1 is 1.57 bits per heavy atom. The van der Waals surface area contributed by atoms with Crippen molar-refractivity contribution in [3.8, 4) is 0 Å². The average molecular weight is 203 g/mol. The van der Waals surface area contributed by atoms with Crippen LogP contribution >= 0.6 is 0 Å². The second-order valence-electron chi connectivity index (χ2n) is 2.05. The molecule has 0 radical (unpaired) electrons. The van der Waals surface area contributed by atoms with Crippen molar-refractivity contribution in [3.05, 3.63) is 35.3 Å². The highest BCUT2D eigenvalue weighted by molar-refractivity contribution is 6.02. The van der Waals surface area contributed by atoms with Gasteiger partial charge in [-0.15, -0.1) is 0 Å². The van der Waals surface area contributed by atoms with Crippen LogP contribution in [0.5, 0.6) is 0 Å². The van der Waals surface area contributed by atoms with Crippen LogP contribution in [0.2, 0.25) is 0 Å². The van der Waals surface area contributed by atoms with Gasteiger partial charge in [0.1, 0.15) is 0 Å². The third kappa shape index (κ3) is 2.10. The minimum Gasteiger partial charge on any atom is -0.478 e. The molecule has 0 heterocycles. The predicted molar refractivity (Wildman–Crippen MR) is 49.4 cm³/mol. The standard InChI is InChI=1S/C10H10O4/c1-2-14-10(13)8-6-4-3-5-7(8)9(11)12/h3-6H,2H2,1H3,(H,11,12)/i1D3,2D2,3D,4D,5D,6D. The molecule has 0 bridgehead atoms. The zero-order valence-corrected chi connectivity index (χ0v) is 6.67. The van der Waals surface area contributed by atoms with E-state index < -0.39 is 60.6 Å². The molecular formula is C10H10O4. The first-order valence-corrected chi connectivity index (χ1v) is 3.29. The number of aromatic carboxylic acids is 1. The van der Waals surface area contributed by atoms with Gasteiger partial charge in [0.15, 0.2) is 0 Å². The van der Waals surface area contributed by atoms with Crippen molar-refractivity contribution >= 4 is 11.9 Å². The Kier molecular flexibility index (Phi) is 1.07. The van der Waals surface area contributed by atoms with Gasteiger partial charge in [-0.1, -0.05) is 12.1 Å². The Morgan fingerprint density at radius 2 is 2.21 bits per heavy atom. The molecule has 0 fully saturated rings. The summed E-state index contributed by atoms with van der Waals surface area (Å²) < 4.78 is 69.0. The van der Waals surface area contributed by atoms with Crippen molar-refractivity contribution in [3.63, 3.8) is 0 Å². The molecule has 0 spiro atoms. The molecule has 0 saturated carbocycles. The minimum atomic E-state index is -3.48. The summed E-state index contributed by atoms with van der Waals surface area (Å²) in [5.74, 6) is -3.70. The number of benzene rings is 1. The largest absolute Gasteiger partial charge is 0.478 e. The highest BCUT2D eigenvalue weighted by atomic mass is 16.5. The van der Waals surface area contributed by atoms with E-state index in [1.807, 2.05) is 0 Å². The van der Waals surface area contributed by atoms with Gasteiger partial charge in [0.05, 0.1) is 25.9 Å². The van der Waals surface area contributed by atoms with E-state index in [-0.39, 0.29) is 0 Å². The van der Waals surface area contributed by atoms with Crippen LogP contribution in [-0.4, -0.2) is 23.6 Å². The predicted octanol–water partition coefficient (Wildman–Crippen LogP) is 1.56. The van der Waals surface area contributed by atoms with E-state index in [4.69, 9.17) is 17.4 Å². The highest BCUT2D eigenvalue weighted by Gasteiger charge is 2.15. The second-order valence-corrected chi connectivity index (χ2v) is 2.05. The van der Waals surface area contributed by atoms with E-state index in [0.29, 0.717) is 0 Å². The number of rotatable bonds is 3. The van der Waals surface area contributed by atoms with Gasteiger partial charge in [-0.25, -0.2) is 9.59 Å². The maximum absolute atomic E-state index is 11.9. The molecule has 4 nitrogen and oxygen atoms in total. The van der Waals surface area contributed by atoms with Gasteiger partial charge in [-0.2, -0.15) is 0 Å². The normalized spacial score (nSPS) is 20.7. The maximum Gasteiger partial charge on any atom is 0.338 e. The van der Waals surface area contributed by atoms with Crippen molar-refractivity contribution in [1.29, 1.82) is 0 Å². The average Bonchev–Trinajstić information content (AvgIpc) is 2.37. The van der Waals surface area contributed by atoms with Crippen LogP contribution in [-0.2, 0) is 4.74 Å². The zero-order valence-electron chi connectivity index (χ0n) is 15.7. The minimum absolute atomic E-state index is 0.914. The Bertz CT molecular complexity index is 680. The van der Waals surface area contributed by atoms with Gasteiger partial charge >= 0.3 is 11.9 Å². The summed E-state index contributed by atoms with van der Waals surface area (Å²) in [5.41, 5.74) is -2.29. The van der Waals surface area contributed by atoms with E-state index in [2.05, 4.69) is 4.74 Å². The van der Waals surface area contributed by atoms with Crippen LogP contribution in [0.4, 0.5) is 0 Å². The number of carbonyl (C=O) groups is 2. The molecule has 0 unspecified atom stereocenters. The monoisotopic (exact) mass is 203 g/mol. The van der Waals surface area contributed by atoms with Crippen molar-refractivity contribution in [2.24, 2.45) is 0 Å². The van der Waals surface area contributed by atoms with Crippen molar-refractivity contribution in [2.75, 3.05) is 6.56 Å². The molecule has 0 aliphatic rings. The van der Waals surface area contributed by atoms with Crippen LogP contribution in [0.3, 0.4) is 0 Å². The summed E-state index contributed by atoms with van der Waals surface area (Å²) in [7, 11) is 0. The Balaban J connectivity index is 3.55. The smallest absolute Gasteiger partial charge is 0.338 e. The number of ether oxygens (including phenoxy) is 1. The van der Waals surface area contributed by atoms with Crippen LogP contribution in [0.25, 0.3) is 0 Å². The van der Waals surface area contributed by atoms with E-state index in [0.717, 1.165) is 0 Å². The van der Waals surface area contributed by atoms with Gasteiger partial charge < -0.3 is 9.84 Å². The van der Waals surface area contributed by atoms with E-state index in [1.165, 1.54) is 0 Å². The van der Waals surface area contributed by atoms with Gasteiger partial charge in [-0.05, 0) is 18.9 Å². The molecule has 4 heteroatoms.